The topological polar surface area (TPSA) is 81.0 Å². The largest absolute Gasteiger partial charge is 0.308 e. The summed E-state index contributed by atoms with van der Waals surface area (Å²) in [7, 11) is 1.52. The van der Waals surface area contributed by atoms with Crippen molar-refractivity contribution in [2.24, 2.45) is 0 Å². The van der Waals surface area contributed by atoms with Crippen LogP contribution in [0.2, 0.25) is 0 Å². The molecule has 0 unspecified atom stereocenters. The van der Waals surface area contributed by atoms with Gasteiger partial charge in [0.05, 0.1) is 27.8 Å². The van der Waals surface area contributed by atoms with Crippen LogP contribution in [0, 0.1) is 0 Å². The van der Waals surface area contributed by atoms with Crippen molar-refractivity contribution in [3.63, 3.8) is 0 Å². The Balaban J connectivity index is 1.36. The second-order valence-corrected chi connectivity index (χ2v) is 10.5. The normalized spacial score (nSPS) is 12.8. The lowest BCUT2D eigenvalue weighted by molar-refractivity contribution is 0.0693. The van der Waals surface area contributed by atoms with E-state index in [1.807, 2.05) is 103 Å². The van der Waals surface area contributed by atoms with E-state index in [4.69, 9.17) is 15.0 Å². The van der Waals surface area contributed by atoms with Gasteiger partial charge >= 0.3 is 0 Å². The van der Waals surface area contributed by atoms with Crippen molar-refractivity contribution in [3.05, 3.63) is 132 Å². The van der Waals surface area contributed by atoms with Gasteiger partial charge in [0.15, 0.2) is 17.5 Å². The maximum Gasteiger partial charge on any atom is 0.263 e. The zero-order chi connectivity index (χ0) is 29.1. The number of carbonyl (C=O) groups excluding carboxylic acids is 2. The fraction of sp³-hybridized carbons (Fsp3) is 0.0278. The van der Waals surface area contributed by atoms with Gasteiger partial charge in [-0.25, -0.2) is 15.0 Å². The van der Waals surface area contributed by atoms with Crippen molar-refractivity contribution in [3.8, 4) is 39.9 Å². The summed E-state index contributed by atoms with van der Waals surface area (Å²) in [5.41, 5.74) is 6.01. The molecule has 0 N–H and O–H groups in total. The Hall–Kier alpha value is -5.95. The summed E-state index contributed by atoms with van der Waals surface area (Å²) in [5.74, 6) is 1.17. The molecule has 43 heavy (non-hydrogen) atoms. The molecule has 3 heterocycles. The first kappa shape index (κ1) is 24.8. The van der Waals surface area contributed by atoms with Crippen LogP contribution in [0.5, 0.6) is 0 Å². The van der Waals surface area contributed by atoms with Gasteiger partial charge in [0.1, 0.15) is 0 Å². The van der Waals surface area contributed by atoms with E-state index in [0.717, 1.165) is 38.5 Å². The van der Waals surface area contributed by atoms with Gasteiger partial charge in [0.2, 0.25) is 0 Å². The van der Waals surface area contributed by atoms with Crippen molar-refractivity contribution in [1.29, 1.82) is 0 Å². The molecule has 0 atom stereocenters. The fourth-order valence-corrected chi connectivity index (χ4v) is 5.88. The molecule has 8 rings (SSSR count). The monoisotopic (exact) mass is 557 g/mol. The zero-order valence-corrected chi connectivity index (χ0v) is 23.1. The molecule has 2 amide bonds. The van der Waals surface area contributed by atoms with Crippen molar-refractivity contribution >= 4 is 33.6 Å². The minimum absolute atomic E-state index is 0.289. The smallest absolute Gasteiger partial charge is 0.263 e. The lowest BCUT2D eigenvalue weighted by atomic mass is 10.1. The highest BCUT2D eigenvalue weighted by Crippen LogP contribution is 2.37. The molecule has 1 aliphatic heterocycles. The molecule has 0 saturated carbocycles. The van der Waals surface area contributed by atoms with E-state index in [9.17, 15) is 9.59 Å². The standard InChI is InChI=1S/C36H23N5O2/c1-40-35(42)26-16-10-18-30(31(26)36(40)43)41-28-17-9-8-15-25(28)27-21-24(19-20-29(27)41)34-38-32(22-11-4-2-5-12-22)37-33(39-34)23-13-6-3-7-14-23/h2-21H,1H3. The molecule has 7 heteroatoms. The molecule has 0 bridgehead atoms. The Bertz CT molecular complexity index is 2180. The van der Waals surface area contributed by atoms with Crippen LogP contribution in [0.15, 0.2) is 121 Å². The van der Waals surface area contributed by atoms with Crippen LogP contribution in [0.4, 0.5) is 0 Å². The first-order valence-electron chi connectivity index (χ1n) is 13.9. The average molecular weight is 558 g/mol. The van der Waals surface area contributed by atoms with Crippen LogP contribution in [-0.2, 0) is 0 Å². The van der Waals surface area contributed by atoms with Crippen LogP contribution in [-0.4, -0.2) is 43.3 Å². The minimum atomic E-state index is -0.301. The summed E-state index contributed by atoms with van der Waals surface area (Å²) in [6.45, 7) is 0. The Morgan fingerprint density at radius 3 is 1.77 bits per heavy atom. The number of para-hydroxylation sites is 1. The highest BCUT2D eigenvalue weighted by molar-refractivity contribution is 6.23. The summed E-state index contributed by atoms with van der Waals surface area (Å²) >= 11 is 0. The van der Waals surface area contributed by atoms with E-state index in [2.05, 4.69) is 16.7 Å². The number of imide groups is 1. The number of amides is 2. The third kappa shape index (κ3) is 3.86. The van der Waals surface area contributed by atoms with Gasteiger partial charge in [-0.15, -0.1) is 0 Å². The molecule has 5 aromatic carbocycles. The Morgan fingerprint density at radius 2 is 1.09 bits per heavy atom. The second-order valence-electron chi connectivity index (χ2n) is 10.5. The SMILES string of the molecule is CN1C(=O)c2cccc(-n3c4ccccc4c4cc(-c5nc(-c6ccccc6)nc(-c6ccccc6)n5)ccc43)c2C1=O. The molecule has 0 radical (unpaired) electrons. The summed E-state index contributed by atoms with van der Waals surface area (Å²) in [4.78, 5) is 41.8. The van der Waals surface area contributed by atoms with Crippen molar-refractivity contribution in [2.45, 2.75) is 0 Å². The van der Waals surface area contributed by atoms with Crippen molar-refractivity contribution in [2.75, 3.05) is 7.05 Å². The molecule has 0 spiro atoms. The van der Waals surface area contributed by atoms with Crippen molar-refractivity contribution in [1.82, 2.24) is 24.4 Å². The van der Waals surface area contributed by atoms with E-state index in [1.54, 1.807) is 6.07 Å². The number of carbonyl (C=O) groups is 2. The first-order chi connectivity index (χ1) is 21.1. The van der Waals surface area contributed by atoms with Gasteiger partial charge in [0.25, 0.3) is 11.8 Å². The number of aromatic nitrogens is 4. The van der Waals surface area contributed by atoms with Gasteiger partial charge in [-0.3, -0.25) is 14.5 Å². The predicted molar refractivity (Wildman–Crippen MR) is 167 cm³/mol. The van der Waals surface area contributed by atoms with E-state index < -0.39 is 0 Å². The Labute approximate surface area is 246 Å². The lowest BCUT2D eigenvalue weighted by Crippen LogP contribution is -2.24. The molecular weight excluding hydrogens is 534 g/mol. The molecule has 0 aliphatic carbocycles. The van der Waals surface area contributed by atoms with Gasteiger partial charge < -0.3 is 4.57 Å². The van der Waals surface area contributed by atoms with Crippen LogP contribution in [0.3, 0.4) is 0 Å². The molecule has 7 nitrogen and oxygen atoms in total. The van der Waals surface area contributed by atoms with E-state index in [-0.39, 0.29) is 11.8 Å². The third-order valence-corrected chi connectivity index (χ3v) is 7.97. The molecule has 204 valence electrons. The number of benzene rings is 5. The fourth-order valence-electron chi connectivity index (χ4n) is 5.88. The van der Waals surface area contributed by atoms with E-state index in [0.29, 0.717) is 34.3 Å². The predicted octanol–water partition coefficient (Wildman–Crippen LogP) is 7.20. The quantitative estimate of drug-likeness (QED) is 0.214. The van der Waals surface area contributed by atoms with Gasteiger partial charge in [-0.2, -0.15) is 0 Å². The maximum atomic E-state index is 13.2. The molecule has 0 fully saturated rings. The van der Waals surface area contributed by atoms with Gasteiger partial charge in [-0.05, 0) is 36.4 Å². The summed E-state index contributed by atoms with van der Waals surface area (Å²) in [5, 5.41) is 2.00. The summed E-state index contributed by atoms with van der Waals surface area (Å²) in [6.07, 6.45) is 0. The molecule has 0 saturated heterocycles. The summed E-state index contributed by atoms with van der Waals surface area (Å²) < 4.78 is 2.07. The average Bonchev–Trinajstić information content (AvgIpc) is 3.52. The number of hydrogen-bond donors (Lipinski definition) is 0. The van der Waals surface area contributed by atoms with Crippen LogP contribution >= 0.6 is 0 Å². The van der Waals surface area contributed by atoms with Gasteiger partial charge in [-0.1, -0.05) is 84.9 Å². The molecule has 2 aromatic heterocycles. The number of nitrogens with zero attached hydrogens (tertiary/aromatic N) is 5. The molecule has 1 aliphatic rings. The first-order valence-corrected chi connectivity index (χ1v) is 13.9. The van der Waals surface area contributed by atoms with E-state index in [1.165, 1.54) is 11.9 Å². The third-order valence-electron chi connectivity index (χ3n) is 7.97. The highest BCUT2D eigenvalue weighted by atomic mass is 16.2. The molecular formula is C36H23N5O2. The van der Waals surface area contributed by atoms with E-state index >= 15 is 0 Å². The van der Waals surface area contributed by atoms with Crippen LogP contribution < -0.4 is 0 Å². The second kappa shape index (κ2) is 9.56. The zero-order valence-electron chi connectivity index (χ0n) is 23.1. The van der Waals surface area contributed by atoms with Crippen LogP contribution in [0.1, 0.15) is 20.7 Å². The molecule has 7 aromatic rings. The lowest BCUT2D eigenvalue weighted by Gasteiger charge is -2.12. The minimum Gasteiger partial charge on any atom is -0.308 e. The maximum absolute atomic E-state index is 13.2. The van der Waals surface area contributed by atoms with Crippen LogP contribution in [0.25, 0.3) is 61.7 Å². The number of hydrogen-bond acceptors (Lipinski definition) is 5. The highest BCUT2D eigenvalue weighted by Gasteiger charge is 2.35. The summed E-state index contributed by atoms with van der Waals surface area (Å²) in [6, 6.07) is 39.4. The Kier molecular flexibility index (Phi) is 5.52. The van der Waals surface area contributed by atoms with Crippen molar-refractivity contribution < 1.29 is 9.59 Å². The number of rotatable bonds is 4. The Morgan fingerprint density at radius 1 is 0.512 bits per heavy atom. The van der Waals surface area contributed by atoms with Gasteiger partial charge in [0, 0.05) is 34.5 Å². The number of fused-ring (bicyclic) bond motifs is 4.